The third-order valence-electron chi connectivity index (χ3n) is 9.73. The SMILES string of the molecule is CCCCCCCCCCCCCCCCCC[NH][Hf]([C]1=C(C)C(C)=C(C)C1C)[SiH](C)C.c1ccc(-c2ccccc2)cc1. The Morgan fingerprint density at radius 2 is 0.955 bits per heavy atom. The summed E-state index contributed by atoms with van der Waals surface area (Å²) >= 11 is -1.77. The van der Waals surface area contributed by atoms with Gasteiger partial charge in [0, 0.05) is 0 Å². The fourth-order valence-corrected chi connectivity index (χ4v) is 30.6. The standard InChI is InChI=1S/C18H38N.C12H10.C9H13.C2H7Si.Hf/c1-2-3-4-5-6-7-8-9-10-11-12-13-14-15-16-17-18-19;1-3-7-11(8-4-1)12-9-5-2-6-10-12;1-6-5-7(2)9(4)8(6)3;1-3-2;/h19H,2-18H2,1H3;1-10H;6H,1-4H3;3H,1-2H3;/q-1;;;;+1. The Kier molecular flexibility index (Phi) is 21.5. The minimum atomic E-state index is -1.77. The summed E-state index contributed by atoms with van der Waals surface area (Å²) in [5, 5.41) is 0. The molecule has 0 amide bonds. The van der Waals surface area contributed by atoms with Gasteiger partial charge in [-0.3, -0.25) is 0 Å². The topological polar surface area (TPSA) is 12.0 Å². The molecular formula is C41H68HfNSi. The van der Waals surface area contributed by atoms with Crippen LogP contribution < -0.4 is 3.30 Å². The van der Waals surface area contributed by atoms with Gasteiger partial charge in [-0.15, -0.1) is 0 Å². The van der Waals surface area contributed by atoms with Gasteiger partial charge in [-0.05, 0) is 11.1 Å². The van der Waals surface area contributed by atoms with Crippen molar-refractivity contribution in [3.05, 3.63) is 80.7 Å². The second-order valence-corrected chi connectivity index (χ2v) is 39.3. The molecule has 1 aliphatic carbocycles. The summed E-state index contributed by atoms with van der Waals surface area (Å²) in [5.41, 5.74) is 7.49. The summed E-state index contributed by atoms with van der Waals surface area (Å²) in [6, 6.07) is 20.8. The molecule has 245 valence electrons. The maximum Gasteiger partial charge on any atom is -0.0184 e. The summed E-state index contributed by atoms with van der Waals surface area (Å²) in [7, 11) is 0. The number of hydrogen-bond donors (Lipinski definition) is 1. The zero-order chi connectivity index (χ0) is 32.0. The van der Waals surface area contributed by atoms with Crippen LogP contribution in [-0.4, -0.2) is 12.5 Å². The molecule has 0 spiro atoms. The second-order valence-electron chi connectivity index (χ2n) is 13.6. The van der Waals surface area contributed by atoms with Crippen LogP contribution in [0.1, 0.15) is 137 Å². The maximum atomic E-state index is 4.20. The predicted octanol–water partition coefficient (Wildman–Crippen LogP) is 13.0. The summed E-state index contributed by atoms with van der Waals surface area (Å²) in [6.07, 6.45) is 23.3. The van der Waals surface area contributed by atoms with Gasteiger partial charge in [0.15, 0.2) is 0 Å². The first-order valence-corrected chi connectivity index (χ1v) is 31.2. The molecule has 3 rings (SSSR count). The van der Waals surface area contributed by atoms with Crippen molar-refractivity contribution in [2.45, 2.75) is 150 Å². The summed E-state index contributed by atoms with van der Waals surface area (Å²) in [6.45, 7) is 18.4. The van der Waals surface area contributed by atoms with Gasteiger partial charge < -0.3 is 0 Å². The Labute approximate surface area is 283 Å². The fraction of sp³-hybridized carbons (Fsp3) is 0.610. The van der Waals surface area contributed by atoms with E-state index in [1.54, 1.807) is 16.7 Å². The summed E-state index contributed by atoms with van der Waals surface area (Å²) in [5.74, 6) is 0.192. The van der Waals surface area contributed by atoms with Crippen LogP contribution in [0.5, 0.6) is 0 Å². The Bertz CT molecular complexity index is 1020. The molecular weight excluding hydrogens is 713 g/mol. The quantitative estimate of drug-likeness (QED) is 0.0983. The van der Waals surface area contributed by atoms with E-state index >= 15 is 0 Å². The van der Waals surface area contributed by atoms with Crippen molar-refractivity contribution >= 4 is 5.98 Å². The van der Waals surface area contributed by atoms with E-state index in [9.17, 15) is 0 Å². The van der Waals surface area contributed by atoms with Crippen molar-refractivity contribution in [2.75, 3.05) is 6.54 Å². The van der Waals surface area contributed by atoms with E-state index in [1.807, 2.05) is 15.5 Å². The minimum absolute atomic E-state index is 0.549. The number of unbranched alkanes of at least 4 members (excludes halogenated alkanes) is 15. The summed E-state index contributed by atoms with van der Waals surface area (Å²) < 4.78 is 6.14. The summed E-state index contributed by atoms with van der Waals surface area (Å²) in [4.78, 5) is 0. The first-order chi connectivity index (χ1) is 21.4. The minimum Gasteiger partial charge on any atom is -0.0622 e. The number of nitrogens with one attached hydrogen (secondary N) is 1. The number of allylic oxidation sites excluding steroid dienone is 4. The van der Waals surface area contributed by atoms with Crippen molar-refractivity contribution in [1.82, 2.24) is 3.30 Å². The smallest absolute Gasteiger partial charge is 0.0184 e. The molecule has 0 heterocycles. The van der Waals surface area contributed by atoms with Gasteiger partial charge in [-0.2, -0.15) is 0 Å². The Balaban J connectivity index is 0.000000461. The largest absolute Gasteiger partial charge is 0.0622 e. The van der Waals surface area contributed by atoms with Gasteiger partial charge in [-0.1, -0.05) is 106 Å². The molecule has 1 nitrogen and oxygen atoms in total. The van der Waals surface area contributed by atoms with Crippen LogP contribution in [0.25, 0.3) is 11.1 Å². The van der Waals surface area contributed by atoms with Gasteiger partial charge in [0.1, 0.15) is 0 Å². The molecule has 1 unspecified atom stereocenters. The van der Waals surface area contributed by atoms with Crippen LogP contribution in [0, 0.1) is 5.92 Å². The Hall–Kier alpha value is -1.03. The van der Waals surface area contributed by atoms with Crippen molar-refractivity contribution in [1.29, 1.82) is 0 Å². The van der Waals surface area contributed by atoms with Crippen LogP contribution >= 0.6 is 0 Å². The van der Waals surface area contributed by atoms with E-state index < -0.39 is 26.9 Å². The molecule has 0 radical (unpaired) electrons. The molecule has 1 N–H and O–H groups in total. The third-order valence-corrected chi connectivity index (χ3v) is 34.8. The van der Waals surface area contributed by atoms with E-state index in [0.29, 0.717) is 0 Å². The molecule has 1 atom stereocenters. The van der Waals surface area contributed by atoms with Crippen molar-refractivity contribution in [3.8, 4) is 11.1 Å². The van der Waals surface area contributed by atoms with E-state index in [-0.39, 0.29) is 0 Å². The molecule has 2 aromatic rings. The molecule has 0 aromatic heterocycles. The van der Waals surface area contributed by atoms with Gasteiger partial charge >= 0.3 is 168 Å². The molecule has 2 aromatic carbocycles. The third kappa shape index (κ3) is 15.0. The van der Waals surface area contributed by atoms with Gasteiger partial charge in [0.2, 0.25) is 0 Å². The Morgan fingerprint density at radius 3 is 1.30 bits per heavy atom. The van der Waals surface area contributed by atoms with E-state index in [4.69, 9.17) is 0 Å². The van der Waals surface area contributed by atoms with Gasteiger partial charge in [0.05, 0.1) is 0 Å². The zero-order valence-corrected chi connectivity index (χ0v) is 34.7. The second kappa shape index (κ2) is 24.2. The zero-order valence-electron chi connectivity index (χ0n) is 29.9. The molecule has 1 aliphatic rings. The molecule has 0 saturated heterocycles. The van der Waals surface area contributed by atoms with Crippen LogP contribution in [0.2, 0.25) is 13.1 Å². The first-order valence-electron chi connectivity index (χ1n) is 18.5. The fourth-order valence-electron chi connectivity index (χ4n) is 6.57. The number of hydrogen-bond acceptors (Lipinski definition) is 1. The van der Waals surface area contributed by atoms with Crippen molar-refractivity contribution < 1.29 is 20.9 Å². The molecule has 44 heavy (non-hydrogen) atoms. The molecule has 0 bridgehead atoms. The normalized spacial score (nSPS) is 14.8. The van der Waals surface area contributed by atoms with Crippen LogP contribution in [-0.2, 0) is 20.9 Å². The monoisotopic (exact) mass is 782 g/mol. The Morgan fingerprint density at radius 1 is 0.568 bits per heavy atom. The molecule has 0 aliphatic heterocycles. The van der Waals surface area contributed by atoms with Crippen molar-refractivity contribution in [2.24, 2.45) is 5.92 Å². The van der Waals surface area contributed by atoms with E-state index in [2.05, 4.69) is 99.5 Å². The molecule has 3 heteroatoms. The van der Waals surface area contributed by atoms with Crippen LogP contribution in [0.3, 0.4) is 0 Å². The first kappa shape index (κ1) is 39.1. The van der Waals surface area contributed by atoms with E-state index in [0.717, 1.165) is 5.92 Å². The molecule has 0 fully saturated rings. The predicted molar refractivity (Wildman–Crippen MR) is 199 cm³/mol. The average molecular weight is 782 g/mol. The number of benzene rings is 2. The average Bonchev–Trinajstić information content (AvgIpc) is 3.23. The van der Waals surface area contributed by atoms with E-state index in [1.165, 1.54) is 120 Å². The number of rotatable bonds is 21. The van der Waals surface area contributed by atoms with Crippen LogP contribution in [0.4, 0.5) is 0 Å². The van der Waals surface area contributed by atoms with Crippen molar-refractivity contribution in [3.63, 3.8) is 0 Å². The van der Waals surface area contributed by atoms with Crippen LogP contribution in [0.15, 0.2) is 80.7 Å². The maximum absolute atomic E-state index is 4.20. The van der Waals surface area contributed by atoms with Gasteiger partial charge in [-0.25, -0.2) is 0 Å². The van der Waals surface area contributed by atoms with Gasteiger partial charge in [0.25, 0.3) is 0 Å². The molecule has 0 saturated carbocycles.